The number of unbranched alkanes of at least 4 members (excludes halogenated alkanes) is 23. The summed E-state index contributed by atoms with van der Waals surface area (Å²) in [5.41, 5.74) is 0. The van der Waals surface area contributed by atoms with Crippen LogP contribution in [0.2, 0.25) is 0 Å². The van der Waals surface area contributed by atoms with Crippen LogP contribution in [0.5, 0.6) is 0 Å². The normalized spacial score (nSPS) is 12.1. The predicted octanol–water partition coefficient (Wildman–Crippen LogP) is 11.7. The number of carbonyl (C=O) groups is 2. The molecule has 0 aliphatic rings. The quantitative estimate of drug-likeness (QED) is 0.0665. The van der Waals surface area contributed by atoms with E-state index in [1.165, 1.54) is 141 Å². The Morgan fingerprint density at radius 1 is 0.462 bits per heavy atom. The van der Waals surface area contributed by atoms with Gasteiger partial charge in [0.2, 0.25) is 0 Å². The number of esters is 1. The fourth-order valence-corrected chi connectivity index (χ4v) is 5.49. The van der Waals surface area contributed by atoms with E-state index in [0.29, 0.717) is 19.3 Å². The summed E-state index contributed by atoms with van der Waals surface area (Å²) < 4.78 is 5.80. The Morgan fingerprint density at radius 2 is 0.795 bits per heavy atom. The minimum atomic E-state index is -0.767. The van der Waals surface area contributed by atoms with Crippen LogP contribution in [-0.2, 0) is 14.3 Å². The van der Waals surface area contributed by atoms with E-state index in [1.807, 2.05) is 0 Å². The van der Waals surface area contributed by atoms with E-state index in [4.69, 9.17) is 9.84 Å². The summed E-state index contributed by atoms with van der Waals surface area (Å²) in [5.74, 6) is -0.853. The van der Waals surface area contributed by atoms with Gasteiger partial charge in [0.05, 0.1) is 0 Å². The van der Waals surface area contributed by atoms with Crippen molar-refractivity contribution in [3.8, 4) is 0 Å². The Kier molecular flexibility index (Phi) is 30.6. The molecule has 4 nitrogen and oxygen atoms in total. The lowest BCUT2D eigenvalue weighted by molar-refractivity contribution is -0.150. The van der Waals surface area contributed by atoms with Gasteiger partial charge < -0.3 is 9.84 Å². The molecule has 0 fully saturated rings. The van der Waals surface area contributed by atoms with Gasteiger partial charge in [-0.1, -0.05) is 162 Å². The maximum atomic E-state index is 12.4. The topological polar surface area (TPSA) is 63.6 Å². The van der Waals surface area contributed by atoms with Gasteiger partial charge in [-0.05, 0) is 32.1 Å². The van der Waals surface area contributed by atoms with E-state index in [1.54, 1.807) is 0 Å². The van der Waals surface area contributed by atoms with Crippen molar-refractivity contribution in [2.24, 2.45) is 0 Å². The maximum Gasteiger partial charge on any atom is 0.306 e. The molecule has 0 rings (SSSR count). The number of hydrogen-bond acceptors (Lipinski definition) is 3. The first-order valence-corrected chi connectivity index (χ1v) is 17.5. The average molecular weight is 553 g/mol. The van der Waals surface area contributed by atoms with Crippen LogP contribution in [0, 0.1) is 0 Å². The summed E-state index contributed by atoms with van der Waals surface area (Å²) in [6.07, 6.45) is 35.4. The number of hydrogen-bond donors (Lipinski definition) is 1. The van der Waals surface area contributed by atoms with Crippen LogP contribution < -0.4 is 0 Å². The lowest BCUT2D eigenvalue weighted by atomic mass is 10.0. The second kappa shape index (κ2) is 31.5. The molecule has 0 saturated carbocycles. The Hall–Kier alpha value is -1.06. The van der Waals surface area contributed by atoms with Gasteiger partial charge in [0.25, 0.3) is 0 Å². The Morgan fingerprint density at radius 3 is 1.18 bits per heavy atom. The molecule has 1 unspecified atom stereocenters. The number of carbonyl (C=O) groups excluding carboxylic acids is 1. The minimum absolute atomic E-state index is 0.0860. The lowest BCUT2D eigenvalue weighted by Gasteiger charge is -2.18. The predicted molar refractivity (Wildman–Crippen MR) is 167 cm³/mol. The zero-order valence-corrected chi connectivity index (χ0v) is 26.5. The van der Waals surface area contributed by atoms with E-state index >= 15 is 0 Å². The highest BCUT2D eigenvalue weighted by atomic mass is 16.5. The van der Waals surface area contributed by atoms with Gasteiger partial charge in [0.15, 0.2) is 0 Å². The van der Waals surface area contributed by atoms with Gasteiger partial charge in [-0.3, -0.25) is 9.59 Å². The molecule has 0 saturated heterocycles. The fraction of sp³-hybridized carbons (Fsp3) is 0.943. The highest BCUT2D eigenvalue weighted by molar-refractivity contribution is 5.69. The molecule has 0 amide bonds. The molecular weight excluding hydrogens is 484 g/mol. The molecule has 0 aromatic heterocycles. The second-order valence-corrected chi connectivity index (χ2v) is 12.1. The average Bonchev–Trinajstić information content (AvgIpc) is 2.91. The SMILES string of the molecule is CCCCCCCCCCCCCCCCCC(=O)OC(CCCCCCCCCCCC)CCCC(=O)O. The van der Waals surface area contributed by atoms with Gasteiger partial charge in [-0.15, -0.1) is 0 Å². The van der Waals surface area contributed by atoms with Crippen LogP contribution in [0.25, 0.3) is 0 Å². The van der Waals surface area contributed by atoms with Crippen molar-refractivity contribution in [2.75, 3.05) is 0 Å². The third-order valence-corrected chi connectivity index (χ3v) is 8.08. The van der Waals surface area contributed by atoms with Crippen LogP contribution in [0.4, 0.5) is 0 Å². The fourth-order valence-electron chi connectivity index (χ4n) is 5.49. The van der Waals surface area contributed by atoms with E-state index in [0.717, 1.165) is 25.7 Å². The van der Waals surface area contributed by atoms with Gasteiger partial charge >= 0.3 is 11.9 Å². The van der Waals surface area contributed by atoms with Crippen molar-refractivity contribution >= 4 is 11.9 Å². The molecule has 0 aliphatic heterocycles. The Bertz CT molecular complexity index is 519. The number of ether oxygens (including phenoxy) is 1. The molecule has 0 aliphatic carbocycles. The zero-order chi connectivity index (χ0) is 28.7. The summed E-state index contributed by atoms with van der Waals surface area (Å²) in [6, 6.07) is 0. The van der Waals surface area contributed by atoms with Crippen LogP contribution in [0.1, 0.15) is 206 Å². The van der Waals surface area contributed by atoms with E-state index in [9.17, 15) is 9.59 Å². The number of aliphatic carboxylic acids is 1. The molecule has 0 heterocycles. The van der Waals surface area contributed by atoms with Crippen LogP contribution in [0.15, 0.2) is 0 Å². The third-order valence-electron chi connectivity index (χ3n) is 8.08. The third kappa shape index (κ3) is 31.3. The summed E-state index contributed by atoms with van der Waals surface area (Å²) in [7, 11) is 0. The summed E-state index contributed by atoms with van der Waals surface area (Å²) in [6.45, 7) is 4.53. The largest absolute Gasteiger partial charge is 0.481 e. The first kappa shape index (κ1) is 37.9. The monoisotopic (exact) mass is 553 g/mol. The Labute approximate surface area is 243 Å². The maximum absolute atomic E-state index is 12.4. The van der Waals surface area contributed by atoms with Gasteiger partial charge in [-0.25, -0.2) is 0 Å². The van der Waals surface area contributed by atoms with Crippen molar-refractivity contribution in [1.82, 2.24) is 0 Å². The van der Waals surface area contributed by atoms with Crippen molar-refractivity contribution in [3.63, 3.8) is 0 Å². The standard InChI is InChI=1S/C35H68O4/c1-3-5-7-9-11-13-15-16-17-18-19-21-23-25-27-32-35(38)39-33(30-28-31-34(36)37)29-26-24-22-20-14-12-10-8-6-4-2/h33H,3-32H2,1-2H3,(H,36,37). The molecule has 0 aromatic rings. The first-order chi connectivity index (χ1) is 19.1. The van der Waals surface area contributed by atoms with Gasteiger partial charge in [0, 0.05) is 12.8 Å². The highest BCUT2D eigenvalue weighted by Gasteiger charge is 2.15. The van der Waals surface area contributed by atoms with Crippen LogP contribution >= 0.6 is 0 Å². The molecule has 0 aromatic carbocycles. The molecule has 232 valence electrons. The smallest absolute Gasteiger partial charge is 0.306 e. The second-order valence-electron chi connectivity index (χ2n) is 12.1. The molecular formula is C35H68O4. The van der Waals surface area contributed by atoms with Crippen LogP contribution in [0.3, 0.4) is 0 Å². The molecule has 1 atom stereocenters. The molecule has 39 heavy (non-hydrogen) atoms. The van der Waals surface area contributed by atoms with E-state index < -0.39 is 5.97 Å². The van der Waals surface area contributed by atoms with E-state index in [-0.39, 0.29) is 18.5 Å². The zero-order valence-electron chi connectivity index (χ0n) is 26.5. The number of rotatable bonds is 32. The molecule has 0 bridgehead atoms. The lowest BCUT2D eigenvalue weighted by Crippen LogP contribution is -2.18. The molecule has 4 heteroatoms. The number of carboxylic acid groups (broad SMARTS) is 1. The Balaban J connectivity index is 3.77. The molecule has 0 spiro atoms. The first-order valence-electron chi connectivity index (χ1n) is 17.5. The summed E-state index contributed by atoms with van der Waals surface area (Å²) >= 11 is 0. The van der Waals surface area contributed by atoms with Gasteiger partial charge in [-0.2, -0.15) is 0 Å². The molecule has 0 radical (unpaired) electrons. The van der Waals surface area contributed by atoms with Crippen LogP contribution in [-0.4, -0.2) is 23.1 Å². The van der Waals surface area contributed by atoms with Crippen molar-refractivity contribution in [1.29, 1.82) is 0 Å². The van der Waals surface area contributed by atoms with Crippen molar-refractivity contribution < 1.29 is 19.4 Å². The highest BCUT2D eigenvalue weighted by Crippen LogP contribution is 2.18. The summed E-state index contributed by atoms with van der Waals surface area (Å²) in [5, 5.41) is 8.97. The van der Waals surface area contributed by atoms with Crippen molar-refractivity contribution in [3.05, 3.63) is 0 Å². The van der Waals surface area contributed by atoms with E-state index in [2.05, 4.69) is 13.8 Å². The van der Waals surface area contributed by atoms with Gasteiger partial charge in [0.1, 0.15) is 6.10 Å². The minimum Gasteiger partial charge on any atom is -0.481 e. The molecule has 1 N–H and O–H groups in total. The summed E-state index contributed by atoms with van der Waals surface area (Å²) in [4.78, 5) is 23.3. The number of carboxylic acids is 1. The van der Waals surface area contributed by atoms with Crippen molar-refractivity contribution in [2.45, 2.75) is 213 Å².